The van der Waals surface area contributed by atoms with E-state index in [0.717, 1.165) is 31.2 Å². The third kappa shape index (κ3) is 5.87. The Morgan fingerprint density at radius 3 is 2.24 bits per heavy atom. The van der Waals surface area contributed by atoms with E-state index in [9.17, 15) is 9.59 Å². The summed E-state index contributed by atoms with van der Waals surface area (Å²) >= 11 is 5.95. The van der Waals surface area contributed by atoms with Gasteiger partial charge >= 0.3 is 35.2 Å². The first-order valence-corrected chi connectivity index (χ1v) is 11.4. The third-order valence-corrected chi connectivity index (χ3v) is 5.84. The van der Waals surface area contributed by atoms with Crippen LogP contribution >= 0.6 is 11.6 Å². The SMILES string of the molecule is CCCCCn1c(=O)n(CCCc2ccc(-c3ccccc3)cc2)c(=O)c2[n-]c(Cl)nc21.[Na+]. The molecule has 0 fully saturated rings. The zero-order chi connectivity index (χ0) is 22.5. The van der Waals surface area contributed by atoms with Crippen molar-refractivity contribution in [3.63, 3.8) is 0 Å². The number of hydrogen-bond donors (Lipinski definition) is 0. The van der Waals surface area contributed by atoms with Crippen molar-refractivity contribution in [3.8, 4) is 11.1 Å². The molecule has 2 aromatic heterocycles. The zero-order valence-corrected chi connectivity index (χ0v) is 21.9. The quantitative estimate of drug-likeness (QED) is 0.211. The van der Waals surface area contributed by atoms with Gasteiger partial charge in [0, 0.05) is 29.5 Å². The predicted molar refractivity (Wildman–Crippen MR) is 128 cm³/mol. The molecule has 166 valence electrons. The summed E-state index contributed by atoms with van der Waals surface area (Å²) in [6.45, 7) is 2.93. The van der Waals surface area contributed by atoms with Gasteiger partial charge in [-0.25, -0.2) is 4.79 Å². The van der Waals surface area contributed by atoms with Gasteiger partial charge in [0.2, 0.25) is 0 Å². The van der Waals surface area contributed by atoms with Crippen LogP contribution in [0.4, 0.5) is 0 Å². The van der Waals surface area contributed by atoms with Gasteiger partial charge in [-0.05, 0) is 36.0 Å². The normalized spacial score (nSPS) is 11.0. The molecule has 8 heteroatoms. The molecule has 4 aromatic rings. The molecule has 33 heavy (non-hydrogen) atoms. The summed E-state index contributed by atoms with van der Waals surface area (Å²) in [7, 11) is 0. The molecule has 0 atom stereocenters. The minimum Gasteiger partial charge on any atom is -0.420 e. The van der Waals surface area contributed by atoms with Crippen molar-refractivity contribution in [1.29, 1.82) is 0 Å². The van der Waals surface area contributed by atoms with E-state index in [4.69, 9.17) is 11.6 Å². The van der Waals surface area contributed by atoms with Crippen molar-refractivity contribution in [3.05, 3.63) is 86.3 Å². The maximum Gasteiger partial charge on any atom is 1.00 e. The third-order valence-electron chi connectivity index (χ3n) is 5.67. The van der Waals surface area contributed by atoms with Crippen molar-refractivity contribution in [1.82, 2.24) is 19.1 Å². The number of benzene rings is 2. The van der Waals surface area contributed by atoms with Gasteiger partial charge in [-0.3, -0.25) is 13.9 Å². The van der Waals surface area contributed by atoms with Gasteiger partial charge in [0.25, 0.3) is 5.56 Å². The minimum atomic E-state index is -0.421. The van der Waals surface area contributed by atoms with Crippen LogP contribution in [0.3, 0.4) is 0 Å². The molecule has 2 heterocycles. The summed E-state index contributed by atoms with van der Waals surface area (Å²) in [4.78, 5) is 34.1. The van der Waals surface area contributed by atoms with E-state index in [0.29, 0.717) is 19.5 Å². The average molecular weight is 473 g/mol. The van der Waals surface area contributed by atoms with Crippen LogP contribution < -0.4 is 45.8 Å². The van der Waals surface area contributed by atoms with Gasteiger partial charge in [-0.2, -0.15) is 0 Å². The maximum absolute atomic E-state index is 13.1. The standard InChI is InChI=1S/C25H27ClN4O2.Na/c1-2-3-7-16-29-22-21(27-24(26)28-22)23(31)30(25(29)32)17-8-9-18-12-14-20(15-13-18)19-10-5-4-6-11-19;/h4-6,10-15H,2-3,7-9,16-17H2,1H3,(H,27,28,31);/q;+1/p-1. The predicted octanol–water partition coefficient (Wildman–Crippen LogP) is 1.66. The van der Waals surface area contributed by atoms with Crippen LogP contribution in [-0.4, -0.2) is 14.1 Å². The number of halogens is 1. The number of rotatable bonds is 9. The average Bonchev–Trinajstić information content (AvgIpc) is 3.21. The molecule has 0 N–H and O–H groups in total. The Balaban J connectivity index is 0.00000306. The molecule has 0 saturated carbocycles. The number of aryl methyl sites for hydroxylation is 2. The molecule has 0 aliphatic rings. The van der Waals surface area contributed by atoms with Crippen molar-refractivity contribution in [2.75, 3.05) is 0 Å². The fourth-order valence-electron chi connectivity index (χ4n) is 3.94. The molecule has 0 saturated heterocycles. The Labute approximate surface area is 219 Å². The van der Waals surface area contributed by atoms with E-state index in [2.05, 4.69) is 53.3 Å². The van der Waals surface area contributed by atoms with Crippen LogP contribution in [0.5, 0.6) is 0 Å². The van der Waals surface area contributed by atoms with Gasteiger partial charge in [0.1, 0.15) is 0 Å². The summed E-state index contributed by atoms with van der Waals surface area (Å²) in [5, 5.41) is -0.00278. The molecule has 0 spiro atoms. The van der Waals surface area contributed by atoms with Gasteiger partial charge < -0.3 is 9.97 Å². The molecule has 0 amide bonds. The summed E-state index contributed by atoms with van der Waals surface area (Å²) < 4.78 is 2.82. The van der Waals surface area contributed by atoms with Crippen molar-refractivity contribution < 1.29 is 29.6 Å². The largest absolute Gasteiger partial charge is 1.00 e. The molecule has 0 bridgehead atoms. The van der Waals surface area contributed by atoms with Gasteiger partial charge in [-0.1, -0.05) is 86.0 Å². The number of hydrogen-bond acceptors (Lipinski definition) is 3. The number of fused-ring (bicyclic) bond motifs is 1. The molecule has 0 radical (unpaired) electrons. The van der Waals surface area contributed by atoms with Crippen LogP contribution in [0, 0.1) is 0 Å². The van der Waals surface area contributed by atoms with E-state index in [1.54, 1.807) is 4.57 Å². The van der Waals surface area contributed by atoms with Crippen molar-refractivity contribution in [2.45, 2.75) is 52.1 Å². The molecule has 0 aliphatic carbocycles. The van der Waals surface area contributed by atoms with Gasteiger partial charge in [-0.15, -0.1) is 0 Å². The first-order valence-electron chi connectivity index (χ1n) is 11.1. The zero-order valence-electron chi connectivity index (χ0n) is 19.1. The molecular weight excluding hydrogens is 447 g/mol. The van der Waals surface area contributed by atoms with E-state index in [-0.39, 0.29) is 51.7 Å². The maximum atomic E-state index is 13.1. The van der Waals surface area contributed by atoms with Crippen LogP contribution in [0.25, 0.3) is 22.3 Å². The molecule has 0 unspecified atom stereocenters. The number of nitrogens with zero attached hydrogens (tertiary/aromatic N) is 4. The summed E-state index contributed by atoms with van der Waals surface area (Å²) in [6.07, 6.45) is 4.30. The fourth-order valence-corrected chi connectivity index (χ4v) is 4.11. The topological polar surface area (TPSA) is 71.0 Å². The fraction of sp³-hybridized carbons (Fsp3) is 0.320. The monoisotopic (exact) mass is 472 g/mol. The second-order valence-corrected chi connectivity index (χ2v) is 8.27. The van der Waals surface area contributed by atoms with Crippen LogP contribution in [0.15, 0.2) is 64.2 Å². The summed E-state index contributed by atoms with van der Waals surface area (Å²) in [6, 6.07) is 18.6. The van der Waals surface area contributed by atoms with E-state index in [1.807, 2.05) is 18.2 Å². The first-order chi connectivity index (χ1) is 15.6. The Hall–Kier alpha value is -2.12. The number of imidazole rings is 1. The van der Waals surface area contributed by atoms with E-state index in [1.165, 1.54) is 15.7 Å². The molecule has 2 aromatic carbocycles. The molecule has 6 nitrogen and oxygen atoms in total. The molecule has 0 aliphatic heterocycles. The van der Waals surface area contributed by atoms with E-state index >= 15 is 0 Å². The van der Waals surface area contributed by atoms with Crippen LogP contribution in [-0.2, 0) is 19.5 Å². The number of unbranched alkanes of at least 4 members (excludes halogenated alkanes) is 2. The summed E-state index contributed by atoms with van der Waals surface area (Å²) in [5.74, 6) is 0. The Kier molecular flexibility index (Phi) is 9.15. The smallest absolute Gasteiger partial charge is 0.420 e. The Bertz CT molecular complexity index is 1310. The molecular formula is C25H26ClN4NaO2. The van der Waals surface area contributed by atoms with Crippen LogP contribution in [0.1, 0.15) is 38.2 Å². The first kappa shape index (κ1) is 25.5. The summed E-state index contributed by atoms with van der Waals surface area (Å²) in [5.41, 5.74) is 3.20. The second-order valence-electron chi connectivity index (χ2n) is 7.93. The van der Waals surface area contributed by atoms with Crippen LogP contribution in [0.2, 0.25) is 5.28 Å². The Morgan fingerprint density at radius 2 is 1.55 bits per heavy atom. The minimum absolute atomic E-state index is 0. The van der Waals surface area contributed by atoms with Crippen molar-refractivity contribution >= 4 is 22.8 Å². The van der Waals surface area contributed by atoms with Crippen molar-refractivity contribution in [2.24, 2.45) is 0 Å². The number of aromatic nitrogens is 4. The molecule has 4 rings (SSSR count). The van der Waals surface area contributed by atoms with Gasteiger partial charge in [0.15, 0.2) is 0 Å². The van der Waals surface area contributed by atoms with E-state index < -0.39 is 5.56 Å². The Morgan fingerprint density at radius 1 is 0.879 bits per heavy atom. The second kappa shape index (κ2) is 11.8. The van der Waals surface area contributed by atoms with Gasteiger partial charge in [0.05, 0.1) is 0 Å².